The number of esters is 1. The Hall–Kier alpha value is -1.64. The summed E-state index contributed by atoms with van der Waals surface area (Å²) in [7, 11) is 0. The maximum atomic E-state index is 12.4. The standard InChI is InChI=1S/C24H33NO2/c1-15(2)13-19-9-6-8-18(25-19)11-12-21-20-10-5-4-7-17(20)14-22-23(21)16(3)27-24(22)26/h6,8-9,11-12,15-17,20-23H,4-5,7,10,13-14H2,1-3H3/b12-11+/t16-,17+,20-,21+,22-,23+/m1/s1. The second-order valence-corrected chi connectivity index (χ2v) is 9.36. The molecule has 0 radical (unpaired) electrons. The van der Waals surface area contributed by atoms with Crippen molar-refractivity contribution in [3.63, 3.8) is 0 Å². The summed E-state index contributed by atoms with van der Waals surface area (Å²) in [5, 5.41) is 0. The molecule has 0 spiro atoms. The highest BCUT2D eigenvalue weighted by atomic mass is 16.6. The number of carbonyl (C=O) groups excluding carboxylic acids is 1. The molecule has 1 aromatic rings. The number of allylic oxidation sites excluding steroid dienone is 1. The van der Waals surface area contributed by atoms with E-state index >= 15 is 0 Å². The number of ether oxygens (including phenoxy) is 1. The molecule has 4 rings (SSSR count). The summed E-state index contributed by atoms with van der Waals surface area (Å²) in [5.41, 5.74) is 2.21. The van der Waals surface area contributed by atoms with Gasteiger partial charge in [0.25, 0.3) is 0 Å². The van der Waals surface area contributed by atoms with E-state index in [0.717, 1.165) is 24.2 Å². The van der Waals surface area contributed by atoms with Gasteiger partial charge in [0.05, 0.1) is 11.6 Å². The van der Waals surface area contributed by atoms with Gasteiger partial charge in [-0.1, -0.05) is 45.3 Å². The van der Waals surface area contributed by atoms with Crippen molar-refractivity contribution in [2.45, 2.75) is 65.4 Å². The van der Waals surface area contributed by atoms with Crippen LogP contribution in [0.3, 0.4) is 0 Å². The number of hydrogen-bond donors (Lipinski definition) is 0. The molecule has 146 valence electrons. The highest BCUT2D eigenvalue weighted by Crippen LogP contribution is 2.53. The molecule has 0 aromatic carbocycles. The SMILES string of the molecule is CC(C)Cc1cccc(/C=C/[C@H]2[C@@H]3CCCC[C@H]3C[C@H]3C(=O)O[C@H](C)[C@@H]23)n1. The number of rotatable bonds is 4. The molecule has 0 amide bonds. The lowest BCUT2D eigenvalue weighted by Crippen LogP contribution is -2.42. The quantitative estimate of drug-likeness (QED) is 0.678. The summed E-state index contributed by atoms with van der Waals surface area (Å²) in [6.45, 7) is 6.55. The molecule has 3 fully saturated rings. The van der Waals surface area contributed by atoms with Crippen molar-refractivity contribution in [2.24, 2.45) is 35.5 Å². The van der Waals surface area contributed by atoms with Gasteiger partial charge in [-0.15, -0.1) is 0 Å². The lowest BCUT2D eigenvalue weighted by molar-refractivity contribution is -0.144. The number of cyclic esters (lactones) is 1. The first kappa shape index (κ1) is 18.7. The molecule has 3 nitrogen and oxygen atoms in total. The maximum Gasteiger partial charge on any atom is 0.309 e. The molecule has 27 heavy (non-hydrogen) atoms. The predicted molar refractivity (Wildman–Crippen MR) is 108 cm³/mol. The number of nitrogens with zero attached hydrogens (tertiary/aromatic N) is 1. The highest BCUT2D eigenvalue weighted by Gasteiger charge is 2.53. The summed E-state index contributed by atoms with van der Waals surface area (Å²) in [6.07, 6.45) is 11.9. The van der Waals surface area contributed by atoms with Crippen molar-refractivity contribution in [1.82, 2.24) is 4.98 Å². The fourth-order valence-corrected chi connectivity index (χ4v) is 5.92. The summed E-state index contributed by atoms with van der Waals surface area (Å²) < 4.78 is 5.67. The van der Waals surface area contributed by atoms with E-state index in [1.807, 2.05) is 0 Å². The molecular formula is C24H33NO2. The first-order valence-electron chi connectivity index (χ1n) is 10.9. The Bertz CT molecular complexity index is 710. The largest absolute Gasteiger partial charge is 0.462 e. The van der Waals surface area contributed by atoms with Crippen LogP contribution < -0.4 is 0 Å². The summed E-state index contributed by atoms with van der Waals surface area (Å²) in [6, 6.07) is 6.33. The number of hydrogen-bond acceptors (Lipinski definition) is 3. The van der Waals surface area contributed by atoms with Crippen molar-refractivity contribution < 1.29 is 9.53 Å². The zero-order chi connectivity index (χ0) is 19.0. The first-order chi connectivity index (χ1) is 13.0. The first-order valence-corrected chi connectivity index (χ1v) is 10.9. The van der Waals surface area contributed by atoms with Crippen LogP contribution in [0.1, 0.15) is 64.3 Å². The van der Waals surface area contributed by atoms with Crippen LogP contribution in [-0.4, -0.2) is 17.1 Å². The smallest absolute Gasteiger partial charge is 0.309 e. The average Bonchev–Trinajstić information content (AvgIpc) is 2.92. The van der Waals surface area contributed by atoms with E-state index in [9.17, 15) is 4.79 Å². The van der Waals surface area contributed by atoms with Gasteiger partial charge in [-0.2, -0.15) is 0 Å². The molecule has 1 saturated heterocycles. The zero-order valence-electron chi connectivity index (χ0n) is 16.9. The Kier molecular flexibility index (Phi) is 5.39. The second kappa shape index (κ2) is 7.77. The molecular weight excluding hydrogens is 334 g/mol. The van der Waals surface area contributed by atoms with Crippen LogP contribution in [0.25, 0.3) is 6.08 Å². The van der Waals surface area contributed by atoms with Gasteiger partial charge in [0, 0.05) is 11.6 Å². The van der Waals surface area contributed by atoms with Gasteiger partial charge >= 0.3 is 5.97 Å². The number of fused-ring (bicyclic) bond motifs is 2. The van der Waals surface area contributed by atoms with Gasteiger partial charge in [-0.05, 0) is 68.1 Å². The van der Waals surface area contributed by atoms with Crippen LogP contribution in [0.15, 0.2) is 24.3 Å². The van der Waals surface area contributed by atoms with Crippen LogP contribution in [0.2, 0.25) is 0 Å². The van der Waals surface area contributed by atoms with Crippen LogP contribution in [0.5, 0.6) is 0 Å². The maximum absolute atomic E-state index is 12.4. The third-order valence-corrected chi connectivity index (χ3v) is 7.01. The van der Waals surface area contributed by atoms with Gasteiger partial charge < -0.3 is 4.74 Å². The molecule has 0 N–H and O–H groups in total. The third kappa shape index (κ3) is 3.83. The van der Waals surface area contributed by atoms with E-state index in [-0.39, 0.29) is 18.0 Å². The van der Waals surface area contributed by atoms with Crippen LogP contribution in [0, 0.1) is 35.5 Å². The van der Waals surface area contributed by atoms with Crippen LogP contribution in [0.4, 0.5) is 0 Å². The zero-order valence-corrected chi connectivity index (χ0v) is 16.9. The molecule has 2 heterocycles. The van der Waals surface area contributed by atoms with Gasteiger partial charge in [0.15, 0.2) is 0 Å². The van der Waals surface area contributed by atoms with Crippen molar-refractivity contribution in [2.75, 3.05) is 0 Å². The van der Waals surface area contributed by atoms with Gasteiger partial charge in [-0.25, -0.2) is 0 Å². The summed E-state index contributed by atoms with van der Waals surface area (Å²) >= 11 is 0. The molecule has 1 aliphatic heterocycles. The molecule has 6 atom stereocenters. The number of aromatic nitrogens is 1. The van der Waals surface area contributed by atoms with E-state index < -0.39 is 0 Å². The summed E-state index contributed by atoms with van der Waals surface area (Å²) in [4.78, 5) is 17.2. The average molecular weight is 368 g/mol. The van der Waals surface area contributed by atoms with Crippen molar-refractivity contribution >= 4 is 12.0 Å². The number of carbonyl (C=O) groups is 1. The molecule has 3 aliphatic rings. The molecule has 1 aromatic heterocycles. The Balaban J connectivity index is 1.59. The molecule has 2 aliphatic carbocycles. The molecule has 2 saturated carbocycles. The minimum absolute atomic E-state index is 0.0419. The Morgan fingerprint density at radius 1 is 1.26 bits per heavy atom. The van der Waals surface area contributed by atoms with E-state index in [1.165, 1.54) is 25.7 Å². The minimum Gasteiger partial charge on any atom is -0.462 e. The lowest BCUT2D eigenvalue weighted by Gasteiger charge is -2.45. The van der Waals surface area contributed by atoms with E-state index in [0.29, 0.717) is 29.6 Å². The normalized spacial score (nSPS) is 35.9. The van der Waals surface area contributed by atoms with Gasteiger partial charge in [0.1, 0.15) is 6.10 Å². The predicted octanol–water partition coefficient (Wildman–Crippen LogP) is 5.30. The Morgan fingerprint density at radius 3 is 2.89 bits per heavy atom. The highest BCUT2D eigenvalue weighted by molar-refractivity contribution is 5.75. The third-order valence-electron chi connectivity index (χ3n) is 7.01. The van der Waals surface area contributed by atoms with Crippen LogP contribution >= 0.6 is 0 Å². The van der Waals surface area contributed by atoms with E-state index in [4.69, 9.17) is 9.72 Å². The molecule has 3 heteroatoms. The van der Waals surface area contributed by atoms with Crippen molar-refractivity contribution in [3.05, 3.63) is 35.7 Å². The number of pyridine rings is 1. The van der Waals surface area contributed by atoms with Gasteiger partial charge in [-0.3, -0.25) is 9.78 Å². The molecule has 0 unspecified atom stereocenters. The fourth-order valence-electron chi connectivity index (χ4n) is 5.92. The second-order valence-electron chi connectivity index (χ2n) is 9.36. The Labute approximate surface area is 163 Å². The van der Waals surface area contributed by atoms with E-state index in [2.05, 4.69) is 51.1 Å². The summed E-state index contributed by atoms with van der Waals surface area (Å²) in [5.74, 6) is 2.93. The molecule has 0 bridgehead atoms. The Morgan fingerprint density at radius 2 is 2.07 bits per heavy atom. The van der Waals surface area contributed by atoms with Crippen LogP contribution in [-0.2, 0) is 16.0 Å². The van der Waals surface area contributed by atoms with E-state index in [1.54, 1.807) is 0 Å². The van der Waals surface area contributed by atoms with Gasteiger partial charge in [0.2, 0.25) is 0 Å². The van der Waals surface area contributed by atoms with Crippen molar-refractivity contribution in [3.8, 4) is 0 Å². The topological polar surface area (TPSA) is 39.2 Å². The lowest BCUT2D eigenvalue weighted by atomic mass is 9.57. The fraction of sp³-hybridized carbons (Fsp3) is 0.667. The minimum atomic E-state index is 0.0419. The monoisotopic (exact) mass is 367 g/mol. The van der Waals surface area contributed by atoms with Crippen molar-refractivity contribution in [1.29, 1.82) is 0 Å².